The Morgan fingerprint density at radius 2 is 1.61 bits per heavy atom. The lowest BCUT2D eigenvalue weighted by molar-refractivity contribution is -0.145. The Hall–Kier alpha value is -4.05. The number of hydrogen-bond donors (Lipinski definition) is 1. The molecule has 0 bridgehead atoms. The van der Waals surface area contributed by atoms with Gasteiger partial charge in [0.05, 0.1) is 19.3 Å². The number of Topliss-reactive ketones (excluding diaryl/α,β-unsaturated/α-hetero) is 1. The van der Waals surface area contributed by atoms with E-state index in [9.17, 15) is 23.5 Å². The molecule has 3 aromatic rings. The summed E-state index contributed by atoms with van der Waals surface area (Å²) in [5.41, 5.74) is 2.11. The standard InChI is InChI=1S/C26H26F2N4O4/c1-3-32-30-26(29-31-32)23(14-13-21(33)15-22(34)16-24(35)36-4-2)25(17-5-9-19(27)10-6-17)18-7-11-20(28)12-8-18/h5-14,21,33H,3-4,15-16H2,1-2H3/b14-13+. The Bertz CT molecular complexity index is 1200. The number of carbonyl (C=O) groups is 2. The zero-order chi connectivity index (χ0) is 26.1. The van der Waals surface area contributed by atoms with Gasteiger partial charge in [-0.25, -0.2) is 8.78 Å². The van der Waals surface area contributed by atoms with E-state index in [1.54, 1.807) is 31.2 Å². The molecule has 1 atom stereocenters. The van der Waals surface area contributed by atoms with E-state index in [0.29, 0.717) is 28.8 Å². The van der Waals surface area contributed by atoms with Gasteiger partial charge in [0.2, 0.25) is 5.82 Å². The van der Waals surface area contributed by atoms with Crippen molar-refractivity contribution in [2.24, 2.45) is 0 Å². The van der Waals surface area contributed by atoms with Crippen molar-refractivity contribution in [3.8, 4) is 0 Å². The van der Waals surface area contributed by atoms with E-state index in [0.717, 1.165) is 0 Å². The number of benzene rings is 2. The van der Waals surface area contributed by atoms with Crippen LogP contribution in [0.1, 0.15) is 43.6 Å². The molecule has 1 heterocycles. The van der Waals surface area contributed by atoms with Crippen LogP contribution in [-0.4, -0.2) is 49.8 Å². The molecule has 0 aliphatic heterocycles. The summed E-state index contributed by atoms with van der Waals surface area (Å²) >= 11 is 0. The first-order chi connectivity index (χ1) is 17.3. The summed E-state index contributed by atoms with van der Waals surface area (Å²) < 4.78 is 32.1. The Balaban J connectivity index is 2.06. The van der Waals surface area contributed by atoms with Gasteiger partial charge in [0, 0.05) is 17.6 Å². The normalized spacial score (nSPS) is 11.9. The Labute approximate surface area is 206 Å². The number of esters is 1. The molecule has 1 unspecified atom stereocenters. The first-order valence-electron chi connectivity index (χ1n) is 11.4. The van der Waals surface area contributed by atoms with Crippen molar-refractivity contribution in [3.05, 3.63) is 89.3 Å². The fourth-order valence-electron chi connectivity index (χ4n) is 3.42. The van der Waals surface area contributed by atoms with Crippen molar-refractivity contribution in [2.45, 2.75) is 39.3 Å². The van der Waals surface area contributed by atoms with Crippen molar-refractivity contribution >= 4 is 22.9 Å². The van der Waals surface area contributed by atoms with Crippen LogP contribution >= 0.6 is 0 Å². The van der Waals surface area contributed by atoms with E-state index in [4.69, 9.17) is 4.74 Å². The summed E-state index contributed by atoms with van der Waals surface area (Å²) in [7, 11) is 0. The van der Waals surface area contributed by atoms with E-state index >= 15 is 0 Å². The number of halogens is 2. The van der Waals surface area contributed by atoms with Gasteiger partial charge in [-0.2, -0.15) is 4.80 Å². The maximum atomic E-state index is 13.7. The van der Waals surface area contributed by atoms with Gasteiger partial charge in [-0.3, -0.25) is 9.59 Å². The number of rotatable bonds is 11. The minimum Gasteiger partial charge on any atom is -0.466 e. The smallest absolute Gasteiger partial charge is 0.313 e. The molecule has 0 fully saturated rings. The number of ketones is 1. The highest BCUT2D eigenvalue weighted by Gasteiger charge is 2.18. The van der Waals surface area contributed by atoms with Gasteiger partial charge in [-0.15, -0.1) is 10.2 Å². The second-order valence-corrected chi connectivity index (χ2v) is 7.76. The Morgan fingerprint density at radius 3 is 2.11 bits per heavy atom. The summed E-state index contributed by atoms with van der Waals surface area (Å²) in [6.45, 7) is 4.09. The lowest BCUT2D eigenvalue weighted by Gasteiger charge is -2.13. The van der Waals surface area contributed by atoms with Crippen LogP contribution in [0.25, 0.3) is 11.1 Å². The number of ether oxygens (including phenoxy) is 1. The first kappa shape index (κ1) is 26.6. The molecule has 2 aromatic carbocycles. The first-order valence-corrected chi connectivity index (χ1v) is 11.4. The van der Waals surface area contributed by atoms with E-state index in [2.05, 4.69) is 15.4 Å². The zero-order valence-corrected chi connectivity index (χ0v) is 19.9. The largest absolute Gasteiger partial charge is 0.466 e. The van der Waals surface area contributed by atoms with Crippen LogP contribution in [0.4, 0.5) is 8.78 Å². The summed E-state index contributed by atoms with van der Waals surface area (Å²) in [6.07, 6.45) is 0.940. The number of aryl methyl sites for hydroxylation is 1. The van der Waals surface area contributed by atoms with Crippen molar-refractivity contribution in [3.63, 3.8) is 0 Å². The minimum atomic E-state index is -1.22. The van der Waals surface area contributed by atoms with Gasteiger partial charge in [0.15, 0.2) is 0 Å². The minimum absolute atomic E-state index is 0.156. The number of nitrogens with zero attached hydrogens (tertiary/aromatic N) is 4. The number of tetrazole rings is 1. The predicted octanol–water partition coefficient (Wildman–Crippen LogP) is 3.76. The third-order valence-electron chi connectivity index (χ3n) is 5.08. The number of aromatic nitrogens is 4. The van der Waals surface area contributed by atoms with Crippen LogP contribution in [0.15, 0.2) is 60.7 Å². The molecule has 10 heteroatoms. The molecule has 0 saturated carbocycles. The van der Waals surface area contributed by atoms with Crippen molar-refractivity contribution in [1.82, 2.24) is 20.2 Å². The maximum Gasteiger partial charge on any atom is 0.313 e. The summed E-state index contributed by atoms with van der Waals surface area (Å²) in [6, 6.07) is 11.4. The van der Waals surface area contributed by atoms with Crippen LogP contribution in [0.5, 0.6) is 0 Å². The fraction of sp³-hybridized carbons (Fsp3) is 0.269. The quantitative estimate of drug-likeness (QED) is 0.245. The molecule has 0 saturated heterocycles. The second kappa shape index (κ2) is 12.6. The van der Waals surface area contributed by atoms with E-state index in [1.807, 2.05) is 6.92 Å². The lowest BCUT2D eigenvalue weighted by atomic mass is 9.92. The van der Waals surface area contributed by atoms with E-state index < -0.39 is 35.9 Å². The lowest BCUT2D eigenvalue weighted by Crippen LogP contribution is -2.16. The topological polar surface area (TPSA) is 107 Å². The molecular formula is C26H26F2N4O4. The van der Waals surface area contributed by atoms with Crippen molar-refractivity contribution in [2.75, 3.05) is 6.61 Å². The van der Waals surface area contributed by atoms with Gasteiger partial charge < -0.3 is 9.84 Å². The monoisotopic (exact) mass is 496 g/mol. The fourth-order valence-corrected chi connectivity index (χ4v) is 3.42. The molecule has 188 valence electrons. The average molecular weight is 497 g/mol. The van der Waals surface area contributed by atoms with E-state index in [1.165, 1.54) is 41.2 Å². The number of allylic oxidation sites excluding steroid dienone is 2. The number of aliphatic hydroxyl groups is 1. The highest BCUT2D eigenvalue weighted by Crippen LogP contribution is 2.32. The number of carbonyl (C=O) groups excluding carboxylic acids is 2. The highest BCUT2D eigenvalue weighted by atomic mass is 19.1. The van der Waals surface area contributed by atoms with Gasteiger partial charge in [0.25, 0.3) is 0 Å². The molecule has 1 aromatic heterocycles. The second-order valence-electron chi connectivity index (χ2n) is 7.76. The Morgan fingerprint density at radius 1 is 1.03 bits per heavy atom. The molecule has 0 aliphatic carbocycles. The van der Waals surface area contributed by atoms with Crippen LogP contribution < -0.4 is 0 Å². The zero-order valence-electron chi connectivity index (χ0n) is 19.9. The summed E-state index contributed by atoms with van der Waals surface area (Å²) in [5.74, 6) is -1.79. The number of aliphatic hydroxyl groups excluding tert-OH is 1. The Kier molecular flexibility index (Phi) is 9.29. The van der Waals surface area contributed by atoms with Crippen molar-refractivity contribution in [1.29, 1.82) is 0 Å². The molecule has 0 spiro atoms. The van der Waals surface area contributed by atoms with Crippen LogP contribution in [0.3, 0.4) is 0 Å². The molecular weight excluding hydrogens is 470 g/mol. The third kappa shape index (κ3) is 7.22. The highest BCUT2D eigenvalue weighted by molar-refractivity contribution is 6.01. The number of hydrogen-bond acceptors (Lipinski definition) is 7. The molecule has 36 heavy (non-hydrogen) atoms. The van der Waals surface area contributed by atoms with Crippen LogP contribution in [-0.2, 0) is 20.9 Å². The predicted molar refractivity (Wildman–Crippen MR) is 128 cm³/mol. The maximum absolute atomic E-state index is 13.7. The van der Waals surface area contributed by atoms with Crippen LogP contribution in [0.2, 0.25) is 0 Å². The van der Waals surface area contributed by atoms with Gasteiger partial charge in [0.1, 0.15) is 23.8 Å². The average Bonchev–Trinajstić information content (AvgIpc) is 3.32. The van der Waals surface area contributed by atoms with Crippen LogP contribution in [0, 0.1) is 11.6 Å². The molecule has 0 amide bonds. The summed E-state index contributed by atoms with van der Waals surface area (Å²) in [4.78, 5) is 25.0. The molecule has 1 N–H and O–H groups in total. The van der Waals surface area contributed by atoms with Gasteiger partial charge >= 0.3 is 5.97 Å². The third-order valence-corrected chi connectivity index (χ3v) is 5.08. The molecule has 0 radical (unpaired) electrons. The van der Waals surface area contributed by atoms with E-state index in [-0.39, 0.29) is 18.9 Å². The van der Waals surface area contributed by atoms with Crippen molar-refractivity contribution < 1.29 is 28.2 Å². The molecule has 0 aliphatic rings. The van der Waals surface area contributed by atoms with Gasteiger partial charge in [-0.05, 0) is 54.5 Å². The van der Waals surface area contributed by atoms with Gasteiger partial charge in [-0.1, -0.05) is 36.4 Å². The molecule has 3 rings (SSSR count). The molecule has 8 nitrogen and oxygen atoms in total. The summed E-state index contributed by atoms with van der Waals surface area (Å²) in [5, 5.41) is 22.9. The SMILES string of the molecule is CCOC(=O)CC(=O)CC(O)/C=C/C(=C(c1ccc(F)cc1)c1ccc(F)cc1)c1nnn(CC)n1.